The summed E-state index contributed by atoms with van der Waals surface area (Å²) in [5.74, 6) is 0.756. The zero-order chi connectivity index (χ0) is 13.1. The first-order chi connectivity index (χ1) is 9.33. The van der Waals surface area contributed by atoms with Gasteiger partial charge in [0, 0.05) is 12.1 Å². The number of rotatable bonds is 3. The Morgan fingerprint density at radius 1 is 1.16 bits per heavy atom. The van der Waals surface area contributed by atoms with Gasteiger partial charge in [0.25, 0.3) is 0 Å². The van der Waals surface area contributed by atoms with Gasteiger partial charge in [-0.3, -0.25) is 0 Å². The average Bonchev–Trinajstić information content (AvgIpc) is 2.96. The van der Waals surface area contributed by atoms with E-state index < -0.39 is 0 Å². The van der Waals surface area contributed by atoms with Crippen molar-refractivity contribution in [2.45, 2.75) is 50.6 Å². The molecule has 1 saturated carbocycles. The highest BCUT2D eigenvalue weighted by atomic mass is 35.5. The molecule has 4 heteroatoms. The van der Waals surface area contributed by atoms with Gasteiger partial charge in [-0.2, -0.15) is 0 Å². The van der Waals surface area contributed by atoms with Crippen molar-refractivity contribution in [1.29, 1.82) is 0 Å². The van der Waals surface area contributed by atoms with E-state index in [9.17, 15) is 0 Å². The summed E-state index contributed by atoms with van der Waals surface area (Å²) in [4.78, 5) is 4.15. The fourth-order valence-corrected chi connectivity index (χ4v) is 3.68. The molecule has 3 nitrogen and oxygen atoms in total. The minimum atomic E-state index is 0.559. The summed E-state index contributed by atoms with van der Waals surface area (Å²) in [5.41, 5.74) is 1.10. The van der Waals surface area contributed by atoms with Gasteiger partial charge >= 0.3 is 0 Å². The van der Waals surface area contributed by atoms with Gasteiger partial charge in [0.2, 0.25) is 0 Å². The Labute approximate surface area is 120 Å². The van der Waals surface area contributed by atoms with Crippen molar-refractivity contribution >= 4 is 17.3 Å². The van der Waals surface area contributed by atoms with E-state index >= 15 is 0 Å². The summed E-state index contributed by atoms with van der Waals surface area (Å²) < 4.78 is 0. The minimum absolute atomic E-state index is 0.559. The fraction of sp³-hybridized carbons (Fsp3) is 0.667. The van der Waals surface area contributed by atoms with E-state index in [4.69, 9.17) is 11.6 Å². The summed E-state index contributed by atoms with van der Waals surface area (Å²) in [5, 5.41) is 7.91. The molecule has 1 aliphatic carbocycles. The molecule has 0 bridgehead atoms. The normalized spacial score (nSPS) is 31.3. The van der Waals surface area contributed by atoms with E-state index in [-0.39, 0.29) is 0 Å². The summed E-state index contributed by atoms with van der Waals surface area (Å²) in [6.45, 7) is 1.19. The van der Waals surface area contributed by atoms with Crippen molar-refractivity contribution in [2.24, 2.45) is 5.92 Å². The zero-order valence-electron chi connectivity index (χ0n) is 11.2. The van der Waals surface area contributed by atoms with Crippen LogP contribution in [-0.4, -0.2) is 23.6 Å². The molecule has 3 unspecified atom stereocenters. The van der Waals surface area contributed by atoms with Crippen LogP contribution in [0.1, 0.15) is 38.5 Å². The van der Waals surface area contributed by atoms with Crippen LogP contribution < -0.4 is 10.6 Å². The van der Waals surface area contributed by atoms with Crippen LogP contribution >= 0.6 is 11.6 Å². The monoisotopic (exact) mass is 279 g/mol. The second-order valence-electron chi connectivity index (χ2n) is 5.77. The lowest BCUT2D eigenvalue weighted by Gasteiger charge is -2.36. The largest absolute Gasteiger partial charge is 0.381 e. The maximum absolute atomic E-state index is 5.84. The van der Waals surface area contributed by atoms with E-state index in [1.807, 2.05) is 18.3 Å². The van der Waals surface area contributed by atoms with Crippen LogP contribution in [0.4, 0.5) is 5.69 Å². The highest BCUT2D eigenvalue weighted by Gasteiger charge is 2.33. The second kappa shape index (κ2) is 6.10. The van der Waals surface area contributed by atoms with E-state index in [0.29, 0.717) is 17.2 Å². The number of nitrogens with zero attached hydrogens (tertiary/aromatic N) is 1. The average molecular weight is 280 g/mol. The molecule has 3 rings (SSSR count). The maximum atomic E-state index is 5.84. The molecule has 1 saturated heterocycles. The molecule has 2 N–H and O–H groups in total. The topological polar surface area (TPSA) is 37.0 Å². The third-order valence-corrected chi connectivity index (χ3v) is 4.74. The van der Waals surface area contributed by atoms with Crippen LogP contribution in [0, 0.1) is 5.92 Å². The molecule has 0 spiro atoms. The molecule has 2 fully saturated rings. The summed E-state index contributed by atoms with van der Waals surface area (Å²) >= 11 is 5.84. The molecule has 104 valence electrons. The number of halogens is 1. The maximum Gasteiger partial charge on any atom is 0.129 e. The van der Waals surface area contributed by atoms with Gasteiger partial charge in [-0.1, -0.05) is 24.4 Å². The third kappa shape index (κ3) is 3.21. The number of nitrogens with one attached hydrogen (secondary N) is 2. The zero-order valence-corrected chi connectivity index (χ0v) is 12.0. The lowest BCUT2D eigenvalue weighted by Crippen LogP contribution is -2.43. The van der Waals surface area contributed by atoms with Crippen LogP contribution in [0.3, 0.4) is 0 Å². The van der Waals surface area contributed by atoms with Crippen molar-refractivity contribution < 1.29 is 0 Å². The summed E-state index contributed by atoms with van der Waals surface area (Å²) in [6, 6.07) is 5.17. The highest BCUT2D eigenvalue weighted by molar-refractivity contribution is 6.29. The Balaban J connectivity index is 1.67. The molecule has 2 heterocycles. The Morgan fingerprint density at radius 3 is 2.79 bits per heavy atom. The van der Waals surface area contributed by atoms with Crippen LogP contribution in [0.15, 0.2) is 18.3 Å². The molecule has 0 amide bonds. The van der Waals surface area contributed by atoms with Crippen molar-refractivity contribution in [3.63, 3.8) is 0 Å². The Hall–Kier alpha value is -0.800. The van der Waals surface area contributed by atoms with Crippen LogP contribution in [0.5, 0.6) is 0 Å². The predicted octanol–water partition coefficient (Wildman–Crippen LogP) is 3.46. The predicted molar refractivity (Wildman–Crippen MR) is 79.6 cm³/mol. The molecule has 0 radical (unpaired) electrons. The first-order valence-corrected chi connectivity index (χ1v) is 7.82. The van der Waals surface area contributed by atoms with Crippen molar-refractivity contribution in [3.8, 4) is 0 Å². The van der Waals surface area contributed by atoms with Gasteiger partial charge in [-0.25, -0.2) is 4.98 Å². The molecule has 3 atom stereocenters. The minimum Gasteiger partial charge on any atom is -0.381 e. The molecular weight excluding hydrogens is 258 g/mol. The number of pyridine rings is 1. The van der Waals surface area contributed by atoms with Crippen molar-refractivity contribution in [3.05, 3.63) is 23.5 Å². The lowest BCUT2D eigenvalue weighted by atomic mass is 9.79. The SMILES string of the molecule is Clc1ccc(NC2CCCCC2C2CCCN2)cn1. The van der Waals surface area contributed by atoms with Crippen molar-refractivity contribution in [2.75, 3.05) is 11.9 Å². The molecule has 1 aromatic rings. The second-order valence-corrected chi connectivity index (χ2v) is 6.16. The van der Waals surface area contributed by atoms with Gasteiger partial charge < -0.3 is 10.6 Å². The van der Waals surface area contributed by atoms with Gasteiger partial charge in [0.15, 0.2) is 0 Å². The van der Waals surface area contributed by atoms with Crippen LogP contribution in [0.2, 0.25) is 5.15 Å². The van der Waals surface area contributed by atoms with Gasteiger partial charge in [-0.05, 0) is 50.3 Å². The van der Waals surface area contributed by atoms with Gasteiger partial charge in [0.05, 0.1) is 11.9 Å². The quantitative estimate of drug-likeness (QED) is 0.832. The van der Waals surface area contributed by atoms with Crippen molar-refractivity contribution in [1.82, 2.24) is 10.3 Å². The van der Waals surface area contributed by atoms with Crippen LogP contribution in [-0.2, 0) is 0 Å². The number of aromatic nitrogens is 1. The Bertz CT molecular complexity index is 400. The lowest BCUT2D eigenvalue weighted by molar-refractivity contribution is 0.262. The van der Waals surface area contributed by atoms with E-state index in [2.05, 4.69) is 15.6 Å². The van der Waals surface area contributed by atoms with Crippen LogP contribution in [0.25, 0.3) is 0 Å². The smallest absolute Gasteiger partial charge is 0.129 e. The fourth-order valence-electron chi connectivity index (χ4n) is 3.57. The van der Waals surface area contributed by atoms with E-state index in [1.54, 1.807) is 0 Å². The Kier molecular flexibility index (Phi) is 4.24. The number of hydrogen-bond donors (Lipinski definition) is 2. The molecular formula is C15H22ClN3. The third-order valence-electron chi connectivity index (χ3n) is 4.51. The summed E-state index contributed by atoms with van der Waals surface area (Å²) in [6.07, 6.45) is 9.83. The molecule has 1 aromatic heterocycles. The standard InChI is InChI=1S/C15H22ClN3/c16-15-8-7-11(10-18-15)19-14-5-2-1-4-12(14)13-6-3-9-17-13/h7-8,10,12-14,17,19H,1-6,9H2. The highest BCUT2D eigenvalue weighted by Crippen LogP contribution is 2.32. The van der Waals surface area contributed by atoms with Gasteiger partial charge in [0.1, 0.15) is 5.15 Å². The molecule has 0 aromatic carbocycles. The van der Waals surface area contributed by atoms with E-state index in [1.165, 1.54) is 45.1 Å². The van der Waals surface area contributed by atoms with Gasteiger partial charge in [-0.15, -0.1) is 0 Å². The molecule has 19 heavy (non-hydrogen) atoms. The molecule has 1 aliphatic heterocycles. The first kappa shape index (κ1) is 13.2. The Morgan fingerprint density at radius 2 is 2.05 bits per heavy atom. The number of anilines is 1. The number of hydrogen-bond acceptors (Lipinski definition) is 3. The first-order valence-electron chi connectivity index (χ1n) is 7.44. The summed E-state index contributed by atoms with van der Waals surface area (Å²) in [7, 11) is 0. The van der Waals surface area contributed by atoms with E-state index in [0.717, 1.165) is 11.6 Å². The molecule has 2 aliphatic rings.